The molecule has 0 N–H and O–H groups in total. The third-order valence-electron chi connectivity index (χ3n) is 6.85. The summed E-state index contributed by atoms with van der Waals surface area (Å²) in [6, 6.07) is 0. The fraction of sp³-hybridized carbons (Fsp3) is 0.640. The number of hydrogen-bond donors (Lipinski definition) is 0. The third kappa shape index (κ3) is 4.51. The Morgan fingerprint density at radius 1 is 1.20 bits per heavy atom. The van der Waals surface area contributed by atoms with Gasteiger partial charge in [0.25, 0.3) is 0 Å². The van der Waals surface area contributed by atoms with Crippen molar-refractivity contribution in [2.24, 2.45) is 0 Å². The van der Waals surface area contributed by atoms with E-state index in [1.54, 1.807) is 12.2 Å². The molecule has 0 aromatic carbocycles. The first-order chi connectivity index (χ1) is 14.1. The second-order valence-electron chi connectivity index (χ2n) is 10.1. The molecule has 3 atom stereocenters. The largest absolute Gasteiger partial charge is 0.398 e. The van der Waals surface area contributed by atoms with Crippen molar-refractivity contribution >= 4 is 14.6 Å². The molecule has 1 saturated carbocycles. The van der Waals surface area contributed by atoms with Crippen molar-refractivity contribution in [3.63, 3.8) is 0 Å². The van der Waals surface area contributed by atoms with E-state index in [0.29, 0.717) is 12.0 Å². The maximum Gasteiger partial charge on any atom is 0.194 e. The highest BCUT2D eigenvalue weighted by Gasteiger charge is 2.60. The Morgan fingerprint density at radius 2 is 1.90 bits per heavy atom. The highest BCUT2D eigenvalue weighted by molar-refractivity contribution is 6.74. The van der Waals surface area contributed by atoms with E-state index < -0.39 is 19.7 Å². The third-order valence-corrected chi connectivity index (χ3v) is 11.3. The lowest BCUT2D eigenvalue weighted by Crippen LogP contribution is -2.58. The van der Waals surface area contributed by atoms with Crippen molar-refractivity contribution in [2.45, 2.75) is 101 Å². The van der Waals surface area contributed by atoms with E-state index in [1.807, 2.05) is 6.08 Å². The summed E-state index contributed by atoms with van der Waals surface area (Å²) in [6.07, 6.45) is 16.1. The van der Waals surface area contributed by atoms with Crippen LogP contribution in [0.3, 0.4) is 0 Å². The van der Waals surface area contributed by atoms with E-state index in [9.17, 15) is 4.79 Å². The van der Waals surface area contributed by atoms with Crippen LogP contribution < -0.4 is 0 Å². The number of carbonyl (C=O) groups is 1. The molecular weight excluding hydrogens is 392 g/mol. The molecule has 30 heavy (non-hydrogen) atoms. The molecule has 4 nitrogen and oxygen atoms in total. The van der Waals surface area contributed by atoms with Gasteiger partial charge in [-0.15, -0.1) is 6.42 Å². The standard InChI is InChI=1S/C25H34O4Si/c1-7-8-9-11-14-24(29-30(5,6)23(2,3)4)18-20(19-26)17-21-22(24)28-25(27-21)15-12-10-13-16-25/h1,8-9,17,19,21-22H,10,12-13,15-16,18H2,2-6H3/b9-8-/t21-,22-,24+/m1/s1. The highest BCUT2D eigenvalue weighted by atomic mass is 28.4. The lowest BCUT2D eigenvalue weighted by molar-refractivity contribution is -0.201. The van der Waals surface area contributed by atoms with Crippen LogP contribution in [-0.4, -0.2) is 38.2 Å². The summed E-state index contributed by atoms with van der Waals surface area (Å²) in [6.45, 7) is 11.0. The molecule has 3 rings (SSSR count). The molecule has 0 aromatic rings. The fourth-order valence-corrected chi connectivity index (χ4v) is 5.75. The van der Waals surface area contributed by atoms with Gasteiger partial charge in [0.1, 0.15) is 18.5 Å². The van der Waals surface area contributed by atoms with E-state index in [4.69, 9.17) is 20.3 Å². The number of ether oxygens (including phenoxy) is 2. The minimum Gasteiger partial charge on any atom is -0.398 e. The van der Waals surface area contributed by atoms with Gasteiger partial charge in [-0.1, -0.05) is 45.0 Å². The zero-order valence-electron chi connectivity index (χ0n) is 18.9. The quantitative estimate of drug-likeness (QED) is 0.365. The minimum absolute atomic E-state index is 0.0175. The topological polar surface area (TPSA) is 44.8 Å². The summed E-state index contributed by atoms with van der Waals surface area (Å²) in [5.74, 6) is 8.26. The van der Waals surface area contributed by atoms with Crippen LogP contribution in [-0.2, 0) is 18.7 Å². The van der Waals surface area contributed by atoms with Gasteiger partial charge in [0, 0.05) is 19.3 Å². The van der Waals surface area contributed by atoms with Crippen molar-refractivity contribution in [2.75, 3.05) is 0 Å². The summed E-state index contributed by atoms with van der Waals surface area (Å²) in [4.78, 5) is 11.8. The summed E-state index contributed by atoms with van der Waals surface area (Å²) < 4.78 is 20.1. The number of carbonyl (C=O) groups excluding carboxylic acids is 1. The molecule has 1 saturated heterocycles. The average Bonchev–Trinajstić information content (AvgIpc) is 3.03. The fourth-order valence-electron chi connectivity index (χ4n) is 4.30. The van der Waals surface area contributed by atoms with Crippen LogP contribution in [0.2, 0.25) is 18.1 Å². The van der Waals surface area contributed by atoms with Crippen molar-refractivity contribution in [1.29, 1.82) is 0 Å². The average molecular weight is 427 g/mol. The Bertz CT molecular complexity index is 824. The molecule has 5 heteroatoms. The van der Waals surface area contributed by atoms with Crippen molar-refractivity contribution in [3.8, 4) is 24.2 Å². The molecule has 162 valence electrons. The number of aldehydes is 1. The van der Waals surface area contributed by atoms with Gasteiger partial charge in [0.15, 0.2) is 19.7 Å². The van der Waals surface area contributed by atoms with Crippen LogP contribution in [0.1, 0.15) is 59.3 Å². The summed E-state index contributed by atoms with van der Waals surface area (Å²) in [7, 11) is -2.24. The van der Waals surface area contributed by atoms with Gasteiger partial charge in [-0.25, -0.2) is 0 Å². The number of terminal acetylenes is 1. The molecule has 1 spiro atoms. The normalized spacial score (nSPS) is 30.9. The first kappa shape index (κ1) is 23.0. The monoisotopic (exact) mass is 426 g/mol. The molecule has 0 amide bonds. The van der Waals surface area contributed by atoms with E-state index in [1.165, 1.54) is 6.42 Å². The van der Waals surface area contributed by atoms with Gasteiger partial charge < -0.3 is 13.9 Å². The number of hydrogen-bond acceptors (Lipinski definition) is 4. The Kier molecular flexibility index (Phi) is 6.51. The van der Waals surface area contributed by atoms with Crippen molar-refractivity contribution in [3.05, 3.63) is 23.8 Å². The van der Waals surface area contributed by atoms with E-state index >= 15 is 0 Å². The second kappa shape index (κ2) is 8.48. The lowest BCUT2D eigenvalue weighted by Gasteiger charge is -2.47. The minimum atomic E-state index is -2.24. The second-order valence-corrected chi connectivity index (χ2v) is 14.9. The van der Waals surface area contributed by atoms with E-state index in [2.05, 4.69) is 51.6 Å². The van der Waals surface area contributed by atoms with Crippen molar-refractivity contribution < 1.29 is 18.7 Å². The zero-order valence-corrected chi connectivity index (χ0v) is 19.9. The van der Waals surface area contributed by atoms with E-state index in [-0.39, 0.29) is 17.2 Å². The number of rotatable bonds is 3. The molecule has 0 bridgehead atoms. The first-order valence-corrected chi connectivity index (χ1v) is 13.8. The Balaban J connectivity index is 2.07. The van der Waals surface area contributed by atoms with Gasteiger partial charge in [-0.05, 0) is 54.8 Å². The van der Waals surface area contributed by atoms with Gasteiger partial charge in [0.2, 0.25) is 0 Å². The summed E-state index contributed by atoms with van der Waals surface area (Å²) >= 11 is 0. The maximum atomic E-state index is 11.8. The molecule has 2 fully saturated rings. The Labute approximate surface area is 182 Å². The van der Waals surface area contributed by atoms with Gasteiger partial charge in [0.05, 0.1) is 0 Å². The molecule has 3 aliphatic rings. The predicted octanol–water partition coefficient (Wildman–Crippen LogP) is 4.91. The van der Waals surface area contributed by atoms with Crippen LogP contribution in [0.5, 0.6) is 0 Å². The molecule has 0 aromatic heterocycles. The molecule has 2 aliphatic carbocycles. The smallest absolute Gasteiger partial charge is 0.194 e. The van der Waals surface area contributed by atoms with Crippen LogP contribution >= 0.6 is 0 Å². The lowest BCUT2D eigenvalue weighted by atomic mass is 9.81. The molecule has 0 radical (unpaired) electrons. The summed E-state index contributed by atoms with van der Waals surface area (Å²) in [5, 5.41) is -0.0175. The van der Waals surface area contributed by atoms with E-state index in [0.717, 1.165) is 32.0 Å². The zero-order chi connectivity index (χ0) is 22.0. The summed E-state index contributed by atoms with van der Waals surface area (Å²) in [5.41, 5.74) is -0.292. The van der Waals surface area contributed by atoms with Crippen LogP contribution in [0.25, 0.3) is 0 Å². The maximum absolute atomic E-state index is 11.8. The predicted molar refractivity (Wildman–Crippen MR) is 121 cm³/mol. The van der Waals surface area contributed by atoms with Crippen LogP contribution in [0.15, 0.2) is 23.8 Å². The van der Waals surface area contributed by atoms with Crippen LogP contribution in [0.4, 0.5) is 0 Å². The van der Waals surface area contributed by atoms with Gasteiger partial charge in [-0.2, -0.15) is 0 Å². The number of fused-ring (bicyclic) bond motifs is 1. The SMILES string of the molecule is C#C/C=C\C#C[C@]1(O[Si](C)(C)C(C)(C)C)CC(C=O)=C[C@H]2OC3(CCCCC3)O[C@H]21. The number of allylic oxidation sites excluding steroid dienone is 2. The molecule has 1 aliphatic heterocycles. The Morgan fingerprint density at radius 3 is 2.50 bits per heavy atom. The van der Waals surface area contributed by atoms with Crippen molar-refractivity contribution in [1.82, 2.24) is 0 Å². The molecule has 0 unspecified atom stereocenters. The highest BCUT2D eigenvalue weighted by Crippen LogP contribution is 2.50. The molecular formula is C25H34O4Si. The Hall–Kier alpha value is -1.63. The van der Waals surface area contributed by atoms with Crippen LogP contribution in [0, 0.1) is 24.2 Å². The van der Waals surface area contributed by atoms with Gasteiger partial charge in [-0.3, -0.25) is 4.79 Å². The van der Waals surface area contributed by atoms with Gasteiger partial charge >= 0.3 is 0 Å². The molecule has 1 heterocycles. The first-order valence-electron chi connectivity index (χ1n) is 10.9.